The number of hydrogen-bond donors (Lipinski definition) is 2. The number of rotatable bonds is 4. The van der Waals surface area contributed by atoms with E-state index in [0.717, 1.165) is 12.0 Å². The number of carbonyl (C=O) groups excluding carboxylic acids is 1. The minimum Gasteiger partial charge on any atom is -0.480 e. The summed E-state index contributed by atoms with van der Waals surface area (Å²) in [6, 6.07) is 5.67. The zero-order valence-corrected chi connectivity index (χ0v) is 10.6. The Labute approximate surface area is 106 Å². The van der Waals surface area contributed by atoms with Crippen LogP contribution in [0.4, 0.5) is 5.69 Å². The Hall–Kier alpha value is -1.84. The summed E-state index contributed by atoms with van der Waals surface area (Å²) in [5.74, 6) is -1.43. The summed E-state index contributed by atoms with van der Waals surface area (Å²) < 4.78 is 0. The number of carboxylic acids is 1. The van der Waals surface area contributed by atoms with Crippen LogP contribution < -0.4 is 5.32 Å². The van der Waals surface area contributed by atoms with Crippen molar-refractivity contribution in [1.82, 2.24) is 0 Å². The monoisotopic (exact) mass is 247 g/mol. The van der Waals surface area contributed by atoms with Crippen molar-refractivity contribution in [2.24, 2.45) is 5.41 Å². The Morgan fingerprint density at radius 2 is 2.06 bits per heavy atom. The first-order chi connectivity index (χ1) is 8.49. The standard InChI is InChI=1S/C14H17NO3/c1-3-10-4-5-11(8-9(10)2)15-12(16)14(6-7-14)13(17)18/h4-5,8H,3,6-7H2,1-2H3,(H,15,16)(H,17,18). The van der Waals surface area contributed by atoms with E-state index in [0.29, 0.717) is 18.5 Å². The maximum atomic E-state index is 11.9. The van der Waals surface area contributed by atoms with Crippen LogP contribution in [0.5, 0.6) is 0 Å². The van der Waals surface area contributed by atoms with Crippen LogP contribution in [0.15, 0.2) is 18.2 Å². The summed E-state index contributed by atoms with van der Waals surface area (Å²) in [7, 11) is 0. The van der Waals surface area contributed by atoms with E-state index in [2.05, 4.69) is 12.2 Å². The summed E-state index contributed by atoms with van der Waals surface area (Å²) in [5, 5.41) is 11.7. The Kier molecular flexibility index (Phi) is 3.11. The van der Waals surface area contributed by atoms with Crippen LogP contribution in [0.1, 0.15) is 30.9 Å². The maximum absolute atomic E-state index is 11.9. The summed E-state index contributed by atoms with van der Waals surface area (Å²) in [5.41, 5.74) is 1.82. The third kappa shape index (κ3) is 2.10. The Morgan fingerprint density at radius 1 is 1.39 bits per heavy atom. The van der Waals surface area contributed by atoms with Gasteiger partial charge in [-0.3, -0.25) is 9.59 Å². The lowest BCUT2D eigenvalue weighted by Gasteiger charge is -2.12. The highest BCUT2D eigenvalue weighted by molar-refractivity contribution is 6.10. The molecule has 1 aromatic carbocycles. The van der Waals surface area contributed by atoms with E-state index in [1.54, 1.807) is 0 Å². The molecule has 0 spiro atoms. The van der Waals surface area contributed by atoms with Crippen LogP contribution in [0.2, 0.25) is 0 Å². The topological polar surface area (TPSA) is 66.4 Å². The van der Waals surface area contributed by atoms with Gasteiger partial charge in [0.05, 0.1) is 0 Å². The fourth-order valence-electron chi connectivity index (χ4n) is 2.08. The van der Waals surface area contributed by atoms with Gasteiger partial charge in [0.1, 0.15) is 5.41 Å². The molecule has 2 rings (SSSR count). The normalized spacial score (nSPS) is 16.1. The van der Waals surface area contributed by atoms with Gasteiger partial charge >= 0.3 is 5.97 Å². The van der Waals surface area contributed by atoms with Gasteiger partial charge in [-0.2, -0.15) is 0 Å². The van der Waals surface area contributed by atoms with Gasteiger partial charge in [-0.15, -0.1) is 0 Å². The largest absolute Gasteiger partial charge is 0.480 e. The van der Waals surface area contributed by atoms with Gasteiger partial charge in [0.25, 0.3) is 0 Å². The lowest BCUT2D eigenvalue weighted by Crippen LogP contribution is -2.31. The fraction of sp³-hybridized carbons (Fsp3) is 0.429. The van der Waals surface area contributed by atoms with Gasteiger partial charge in [-0.25, -0.2) is 0 Å². The number of amides is 1. The first-order valence-electron chi connectivity index (χ1n) is 6.14. The molecule has 0 radical (unpaired) electrons. The molecule has 0 unspecified atom stereocenters. The second-order valence-corrected chi connectivity index (χ2v) is 4.84. The number of aliphatic carboxylic acids is 1. The predicted molar refractivity (Wildman–Crippen MR) is 68.5 cm³/mol. The average Bonchev–Trinajstić information content (AvgIpc) is 3.10. The maximum Gasteiger partial charge on any atom is 0.319 e. The van der Waals surface area contributed by atoms with E-state index in [-0.39, 0.29) is 0 Å². The first kappa shape index (κ1) is 12.6. The van der Waals surface area contributed by atoms with E-state index in [1.807, 2.05) is 25.1 Å². The Bertz CT molecular complexity index is 504. The predicted octanol–water partition coefficient (Wildman–Crippen LogP) is 2.36. The van der Waals surface area contributed by atoms with Crippen molar-refractivity contribution in [2.45, 2.75) is 33.1 Å². The van der Waals surface area contributed by atoms with Crippen LogP contribution in [0, 0.1) is 12.3 Å². The summed E-state index contributed by atoms with van der Waals surface area (Å²) in [6.45, 7) is 4.06. The zero-order valence-electron chi connectivity index (χ0n) is 10.6. The molecule has 4 nitrogen and oxygen atoms in total. The van der Waals surface area contributed by atoms with Crippen molar-refractivity contribution in [3.8, 4) is 0 Å². The molecule has 1 aliphatic rings. The zero-order chi connectivity index (χ0) is 13.3. The molecule has 1 amide bonds. The minimum absolute atomic E-state index is 0.404. The lowest BCUT2D eigenvalue weighted by atomic mass is 10.0. The molecule has 0 saturated heterocycles. The smallest absolute Gasteiger partial charge is 0.319 e. The highest BCUT2D eigenvalue weighted by atomic mass is 16.4. The van der Waals surface area contributed by atoms with Gasteiger partial charge in [0.15, 0.2) is 0 Å². The van der Waals surface area contributed by atoms with Crippen LogP contribution in [-0.2, 0) is 16.0 Å². The molecule has 1 aliphatic carbocycles. The Balaban J connectivity index is 2.13. The molecular weight excluding hydrogens is 230 g/mol. The van der Waals surface area contributed by atoms with Crippen molar-refractivity contribution in [2.75, 3.05) is 5.32 Å². The van der Waals surface area contributed by atoms with E-state index in [1.165, 1.54) is 5.56 Å². The van der Waals surface area contributed by atoms with Crippen LogP contribution in [0.25, 0.3) is 0 Å². The Morgan fingerprint density at radius 3 is 2.50 bits per heavy atom. The first-order valence-corrected chi connectivity index (χ1v) is 6.14. The number of aryl methyl sites for hydroxylation is 2. The van der Waals surface area contributed by atoms with Crippen LogP contribution >= 0.6 is 0 Å². The van der Waals surface area contributed by atoms with Gasteiger partial charge in [-0.05, 0) is 49.4 Å². The highest BCUT2D eigenvalue weighted by Crippen LogP contribution is 2.46. The van der Waals surface area contributed by atoms with Gasteiger partial charge < -0.3 is 10.4 Å². The minimum atomic E-state index is -1.18. The summed E-state index contributed by atoms with van der Waals surface area (Å²) in [4.78, 5) is 22.9. The van der Waals surface area contributed by atoms with Gasteiger partial charge in [0.2, 0.25) is 5.91 Å². The molecule has 0 atom stereocenters. The van der Waals surface area contributed by atoms with Crippen molar-refractivity contribution in [3.63, 3.8) is 0 Å². The third-order valence-corrected chi connectivity index (χ3v) is 3.58. The lowest BCUT2D eigenvalue weighted by molar-refractivity contribution is -0.147. The molecule has 0 aromatic heterocycles. The SMILES string of the molecule is CCc1ccc(NC(=O)C2(C(=O)O)CC2)cc1C. The second-order valence-electron chi connectivity index (χ2n) is 4.84. The van der Waals surface area contributed by atoms with Crippen molar-refractivity contribution < 1.29 is 14.7 Å². The van der Waals surface area contributed by atoms with E-state index in [9.17, 15) is 9.59 Å². The second kappa shape index (κ2) is 4.44. The van der Waals surface area contributed by atoms with Crippen molar-refractivity contribution in [3.05, 3.63) is 29.3 Å². The van der Waals surface area contributed by atoms with Gasteiger partial charge in [0, 0.05) is 5.69 Å². The summed E-state index contributed by atoms with van der Waals surface area (Å²) >= 11 is 0. The molecule has 2 N–H and O–H groups in total. The van der Waals surface area contributed by atoms with Crippen LogP contribution in [-0.4, -0.2) is 17.0 Å². The number of hydrogen-bond acceptors (Lipinski definition) is 2. The molecule has 0 bridgehead atoms. The molecule has 1 fully saturated rings. The molecule has 1 saturated carbocycles. The number of nitrogens with one attached hydrogen (secondary N) is 1. The van der Waals surface area contributed by atoms with Gasteiger partial charge in [-0.1, -0.05) is 13.0 Å². The van der Waals surface area contributed by atoms with Crippen molar-refractivity contribution >= 4 is 17.6 Å². The van der Waals surface area contributed by atoms with E-state index >= 15 is 0 Å². The molecule has 1 aromatic rings. The van der Waals surface area contributed by atoms with E-state index in [4.69, 9.17) is 5.11 Å². The highest BCUT2D eigenvalue weighted by Gasteiger charge is 2.57. The third-order valence-electron chi connectivity index (χ3n) is 3.58. The molecule has 0 aliphatic heterocycles. The van der Waals surface area contributed by atoms with E-state index < -0.39 is 17.3 Å². The number of carbonyl (C=O) groups is 2. The number of carboxylic acid groups (broad SMARTS) is 1. The molecular formula is C14H17NO3. The average molecular weight is 247 g/mol. The number of benzene rings is 1. The fourth-order valence-corrected chi connectivity index (χ4v) is 2.08. The summed E-state index contributed by atoms with van der Waals surface area (Å²) in [6.07, 6.45) is 1.81. The van der Waals surface area contributed by atoms with Crippen LogP contribution in [0.3, 0.4) is 0 Å². The quantitative estimate of drug-likeness (QED) is 0.803. The number of anilines is 1. The molecule has 4 heteroatoms. The molecule has 96 valence electrons. The molecule has 18 heavy (non-hydrogen) atoms. The van der Waals surface area contributed by atoms with Crippen molar-refractivity contribution in [1.29, 1.82) is 0 Å². The molecule has 0 heterocycles.